The molecule has 1 aliphatic rings. The van der Waals surface area contributed by atoms with E-state index in [1.165, 1.54) is 4.31 Å². The molecule has 0 aromatic heterocycles. The van der Waals surface area contributed by atoms with Crippen LogP contribution in [0.25, 0.3) is 0 Å². The average Bonchev–Trinajstić information content (AvgIpc) is 2.37. The normalized spacial score (nSPS) is 24.1. The number of nitrogens with one attached hydrogen (secondary N) is 1. The van der Waals surface area contributed by atoms with Crippen LogP contribution in [-0.2, 0) is 14.9 Å². The van der Waals surface area contributed by atoms with Crippen molar-refractivity contribution in [3.05, 3.63) is 0 Å². The van der Waals surface area contributed by atoms with Gasteiger partial charge in [-0.05, 0) is 31.2 Å². The highest BCUT2D eigenvalue weighted by molar-refractivity contribution is 7.87. The third kappa shape index (κ3) is 4.81. The molecular formula is C11H25N3O3S. The van der Waals surface area contributed by atoms with Crippen molar-refractivity contribution < 1.29 is 13.2 Å². The summed E-state index contributed by atoms with van der Waals surface area (Å²) in [5, 5.41) is 0. The van der Waals surface area contributed by atoms with Crippen LogP contribution in [0.2, 0.25) is 0 Å². The standard InChI is InChI=1S/C11H25N3O3S/c1-10(9-17-2)7-13-18(15,16)14-5-3-4-11(6-12)8-14/h10-11,13H,3-9,12H2,1-2H3. The molecule has 0 radical (unpaired) electrons. The Morgan fingerprint density at radius 2 is 2.28 bits per heavy atom. The van der Waals surface area contributed by atoms with Crippen LogP contribution in [0.4, 0.5) is 0 Å². The van der Waals surface area contributed by atoms with Crippen molar-refractivity contribution in [1.29, 1.82) is 0 Å². The molecule has 0 aromatic carbocycles. The minimum absolute atomic E-state index is 0.167. The number of methoxy groups -OCH3 is 1. The Hall–Kier alpha value is -0.210. The number of nitrogens with zero attached hydrogens (tertiary/aromatic N) is 1. The predicted molar refractivity (Wildman–Crippen MR) is 71.3 cm³/mol. The van der Waals surface area contributed by atoms with E-state index in [1.54, 1.807) is 7.11 Å². The van der Waals surface area contributed by atoms with Crippen molar-refractivity contribution in [3.63, 3.8) is 0 Å². The van der Waals surface area contributed by atoms with Crippen molar-refractivity contribution in [3.8, 4) is 0 Å². The zero-order chi connectivity index (χ0) is 13.6. The second-order valence-corrected chi connectivity index (χ2v) is 6.77. The molecule has 1 fully saturated rings. The summed E-state index contributed by atoms with van der Waals surface area (Å²) in [5.74, 6) is 0.451. The van der Waals surface area contributed by atoms with Crippen molar-refractivity contribution in [1.82, 2.24) is 9.03 Å². The summed E-state index contributed by atoms with van der Waals surface area (Å²) in [6.07, 6.45) is 1.90. The molecule has 2 atom stereocenters. The highest BCUT2D eigenvalue weighted by atomic mass is 32.2. The third-order valence-corrected chi connectivity index (χ3v) is 4.76. The molecular weight excluding hydrogens is 254 g/mol. The molecule has 7 heteroatoms. The number of piperidine rings is 1. The van der Waals surface area contributed by atoms with Gasteiger partial charge in [0.25, 0.3) is 10.2 Å². The molecule has 0 aliphatic carbocycles. The third-order valence-electron chi connectivity index (χ3n) is 3.22. The molecule has 1 aliphatic heterocycles. The molecule has 18 heavy (non-hydrogen) atoms. The van der Waals surface area contributed by atoms with Crippen LogP contribution >= 0.6 is 0 Å². The van der Waals surface area contributed by atoms with Crippen LogP contribution in [0, 0.1) is 11.8 Å². The summed E-state index contributed by atoms with van der Waals surface area (Å²) in [6, 6.07) is 0. The number of hydrogen-bond acceptors (Lipinski definition) is 4. The summed E-state index contributed by atoms with van der Waals surface area (Å²) in [6.45, 7) is 4.57. The Kier molecular flexibility index (Phi) is 6.51. The summed E-state index contributed by atoms with van der Waals surface area (Å²) >= 11 is 0. The SMILES string of the molecule is COCC(C)CNS(=O)(=O)N1CCCC(CN)C1. The van der Waals surface area contributed by atoms with Crippen LogP contribution in [0.3, 0.4) is 0 Å². The highest BCUT2D eigenvalue weighted by Gasteiger charge is 2.28. The smallest absolute Gasteiger partial charge is 0.279 e. The summed E-state index contributed by atoms with van der Waals surface area (Å²) in [7, 11) is -1.75. The number of ether oxygens (including phenoxy) is 1. The van der Waals surface area contributed by atoms with Gasteiger partial charge in [-0.2, -0.15) is 12.7 Å². The van der Waals surface area contributed by atoms with Gasteiger partial charge in [0.1, 0.15) is 0 Å². The Labute approximate surface area is 110 Å². The quantitative estimate of drug-likeness (QED) is 0.674. The molecule has 1 saturated heterocycles. The van der Waals surface area contributed by atoms with Crippen LogP contribution in [0.15, 0.2) is 0 Å². The molecule has 0 amide bonds. The number of hydrogen-bond donors (Lipinski definition) is 2. The van der Waals surface area contributed by atoms with E-state index in [2.05, 4.69) is 4.72 Å². The van der Waals surface area contributed by atoms with Gasteiger partial charge >= 0.3 is 0 Å². The second kappa shape index (κ2) is 7.40. The van der Waals surface area contributed by atoms with Gasteiger partial charge in [-0.1, -0.05) is 6.92 Å². The van der Waals surface area contributed by atoms with Crippen LogP contribution in [-0.4, -0.2) is 52.6 Å². The fourth-order valence-electron chi connectivity index (χ4n) is 2.12. The fourth-order valence-corrected chi connectivity index (χ4v) is 3.57. The zero-order valence-electron chi connectivity index (χ0n) is 11.3. The first-order valence-electron chi connectivity index (χ1n) is 6.43. The first-order valence-corrected chi connectivity index (χ1v) is 7.87. The lowest BCUT2D eigenvalue weighted by Gasteiger charge is -2.31. The lowest BCUT2D eigenvalue weighted by atomic mass is 10.0. The molecule has 2 unspecified atom stereocenters. The van der Waals surface area contributed by atoms with Crippen LogP contribution in [0.5, 0.6) is 0 Å². The van der Waals surface area contributed by atoms with Gasteiger partial charge in [0.15, 0.2) is 0 Å². The number of nitrogens with two attached hydrogens (primary N) is 1. The lowest BCUT2D eigenvalue weighted by Crippen LogP contribution is -2.48. The highest BCUT2D eigenvalue weighted by Crippen LogP contribution is 2.17. The van der Waals surface area contributed by atoms with Crippen molar-refractivity contribution in [2.75, 3.05) is 39.9 Å². The minimum Gasteiger partial charge on any atom is -0.384 e. The maximum absolute atomic E-state index is 12.1. The van der Waals surface area contributed by atoms with Crippen molar-refractivity contribution in [2.24, 2.45) is 17.6 Å². The summed E-state index contributed by atoms with van der Waals surface area (Å²) < 4.78 is 33.3. The Morgan fingerprint density at radius 3 is 2.89 bits per heavy atom. The number of rotatable bonds is 7. The first kappa shape index (κ1) is 15.8. The van der Waals surface area contributed by atoms with E-state index in [4.69, 9.17) is 10.5 Å². The molecule has 0 spiro atoms. The van der Waals surface area contributed by atoms with E-state index in [0.717, 1.165) is 12.8 Å². The van der Waals surface area contributed by atoms with Gasteiger partial charge < -0.3 is 10.5 Å². The second-order valence-electron chi connectivity index (χ2n) is 5.02. The van der Waals surface area contributed by atoms with E-state index in [-0.39, 0.29) is 11.8 Å². The van der Waals surface area contributed by atoms with Gasteiger partial charge in [0, 0.05) is 33.4 Å². The van der Waals surface area contributed by atoms with Crippen molar-refractivity contribution in [2.45, 2.75) is 19.8 Å². The molecule has 0 saturated carbocycles. The lowest BCUT2D eigenvalue weighted by molar-refractivity contribution is 0.160. The summed E-state index contributed by atoms with van der Waals surface area (Å²) in [4.78, 5) is 0. The van der Waals surface area contributed by atoms with E-state index in [0.29, 0.717) is 32.8 Å². The van der Waals surface area contributed by atoms with E-state index >= 15 is 0 Å². The fraction of sp³-hybridized carbons (Fsp3) is 1.00. The zero-order valence-corrected chi connectivity index (χ0v) is 12.1. The Morgan fingerprint density at radius 1 is 1.56 bits per heavy atom. The van der Waals surface area contributed by atoms with E-state index in [9.17, 15) is 8.42 Å². The van der Waals surface area contributed by atoms with Gasteiger partial charge in [-0.15, -0.1) is 0 Å². The molecule has 6 nitrogen and oxygen atoms in total. The molecule has 1 heterocycles. The predicted octanol–water partition coefficient (Wildman–Crippen LogP) is -0.226. The van der Waals surface area contributed by atoms with Gasteiger partial charge in [0.05, 0.1) is 0 Å². The van der Waals surface area contributed by atoms with Gasteiger partial charge in [-0.25, -0.2) is 4.72 Å². The van der Waals surface area contributed by atoms with Gasteiger partial charge in [0.2, 0.25) is 0 Å². The minimum atomic E-state index is -3.37. The summed E-state index contributed by atoms with van der Waals surface area (Å²) in [5.41, 5.74) is 5.61. The van der Waals surface area contributed by atoms with E-state index in [1.807, 2.05) is 6.92 Å². The molecule has 3 N–H and O–H groups in total. The molecule has 108 valence electrons. The maximum atomic E-state index is 12.1. The topological polar surface area (TPSA) is 84.7 Å². The van der Waals surface area contributed by atoms with Crippen LogP contribution < -0.4 is 10.5 Å². The van der Waals surface area contributed by atoms with E-state index < -0.39 is 10.2 Å². The maximum Gasteiger partial charge on any atom is 0.279 e. The first-order chi connectivity index (χ1) is 8.49. The molecule has 1 rings (SSSR count). The largest absolute Gasteiger partial charge is 0.384 e. The van der Waals surface area contributed by atoms with Crippen molar-refractivity contribution >= 4 is 10.2 Å². The molecule has 0 bridgehead atoms. The Balaban J connectivity index is 2.47. The molecule has 0 aromatic rings. The Bertz CT molecular complexity index is 334. The average molecular weight is 279 g/mol. The monoisotopic (exact) mass is 279 g/mol. The van der Waals surface area contributed by atoms with Gasteiger partial charge in [-0.3, -0.25) is 0 Å². The van der Waals surface area contributed by atoms with Crippen LogP contribution in [0.1, 0.15) is 19.8 Å².